The van der Waals surface area contributed by atoms with Gasteiger partial charge >= 0.3 is 5.97 Å². The molecule has 3 aliphatic carbocycles. The molecule has 7 heteroatoms. The van der Waals surface area contributed by atoms with Gasteiger partial charge in [-0.1, -0.05) is 85.3 Å². The summed E-state index contributed by atoms with van der Waals surface area (Å²) in [6, 6.07) is 25.9. The van der Waals surface area contributed by atoms with Gasteiger partial charge in [-0.3, -0.25) is 24.1 Å². The van der Waals surface area contributed by atoms with Crippen molar-refractivity contribution in [3.05, 3.63) is 107 Å². The van der Waals surface area contributed by atoms with Crippen molar-refractivity contribution in [2.45, 2.75) is 50.5 Å². The number of carbonyl (C=O) groups excluding carboxylic acids is 4. The minimum absolute atomic E-state index is 0.0749. The summed E-state index contributed by atoms with van der Waals surface area (Å²) < 4.78 is 5.14. The summed E-state index contributed by atoms with van der Waals surface area (Å²) in [7, 11) is 0. The molecule has 0 spiro atoms. The third-order valence-electron chi connectivity index (χ3n) is 8.84. The molecule has 3 atom stereocenters. The Kier molecular flexibility index (Phi) is 7.43. The fourth-order valence-electron chi connectivity index (χ4n) is 7.00. The van der Waals surface area contributed by atoms with Crippen LogP contribution in [0.2, 0.25) is 0 Å². The van der Waals surface area contributed by atoms with Gasteiger partial charge in [0.15, 0.2) is 6.61 Å². The molecule has 3 aromatic carbocycles. The second-order valence-corrected chi connectivity index (χ2v) is 11.3. The molecule has 1 aliphatic heterocycles. The molecule has 0 unspecified atom stereocenters. The van der Waals surface area contributed by atoms with Crippen LogP contribution >= 0.6 is 0 Å². The predicted octanol–water partition coefficient (Wildman–Crippen LogP) is 4.86. The number of imide groups is 1. The fraction of sp³-hybridized carbons (Fsp3) is 0.353. The van der Waals surface area contributed by atoms with Crippen molar-refractivity contribution in [2.75, 3.05) is 13.2 Å². The van der Waals surface area contributed by atoms with Crippen LogP contribution in [0.5, 0.6) is 0 Å². The number of nitrogens with zero attached hydrogens (tertiary/aromatic N) is 1. The number of amides is 3. The molecular formula is C34H34N2O5. The van der Waals surface area contributed by atoms with Crippen LogP contribution in [0.3, 0.4) is 0 Å². The second-order valence-electron chi connectivity index (χ2n) is 11.3. The first-order valence-electron chi connectivity index (χ1n) is 14.5. The third-order valence-corrected chi connectivity index (χ3v) is 8.84. The number of rotatable bonds is 10. The van der Waals surface area contributed by atoms with Gasteiger partial charge in [0.25, 0.3) is 5.91 Å². The number of carbonyl (C=O) groups is 4. The molecule has 1 saturated heterocycles. The molecule has 7 rings (SSSR count). The minimum atomic E-state index is -0.432. The Balaban J connectivity index is 0.985. The maximum atomic E-state index is 13.6. The van der Waals surface area contributed by atoms with Crippen LogP contribution in [0.4, 0.5) is 0 Å². The van der Waals surface area contributed by atoms with E-state index < -0.39 is 5.97 Å². The van der Waals surface area contributed by atoms with Gasteiger partial charge in [-0.05, 0) is 47.6 Å². The molecule has 3 aromatic rings. The molecule has 3 amide bonds. The summed E-state index contributed by atoms with van der Waals surface area (Å²) in [4.78, 5) is 53.1. The van der Waals surface area contributed by atoms with Gasteiger partial charge in [0.1, 0.15) is 0 Å². The van der Waals surface area contributed by atoms with Crippen molar-refractivity contribution in [3.8, 4) is 0 Å². The topological polar surface area (TPSA) is 92.8 Å². The summed E-state index contributed by atoms with van der Waals surface area (Å²) in [5.74, 6) is -1.84. The normalized spacial score (nSPS) is 22.5. The molecule has 1 N–H and O–H groups in total. The lowest BCUT2D eigenvalue weighted by Crippen LogP contribution is -2.41. The number of ether oxygens (including phenoxy) is 1. The number of unbranched alkanes of at least 4 members (excludes halogenated alkanes) is 2. The zero-order chi connectivity index (χ0) is 28.5. The quantitative estimate of drug-likeness (QED) is 0.221. The fourth-order valence-corrected chi connectivity index (χ4v) is 7.00. The molecule has 4 aliphatic rings. The first-order valence-corrected chi connectivity index (χ1v) is 14.5. The van der Waals surface area contributed by atoms with Crippen molar-refractivity contribution in [1.29, 1.82) is 0 Å². The maximum absolute atomic E-state index is 13.6. The molecule has 1 heterocycles. The smallest absolute Gasteiger partial charge is 0.306 e. The Morgan fingerprint density at radius 1 is 0.756 bits per heavy atom. The summed E-state index contributed by atoms with van der Waals surface area (Å²) in [6.45, 7) is 1.91. The number of nitrogens with one attached hydrogen (secondary N) is 1. The van der Waals surface area contributed by atoms with Crippen molar-refractivity contribution < 1.29 is 23.9 Å². The lowest BCUT2D eigenvalue weighted by atomic mass is 9.55. The second kappa shape index (κ2) is 11.3. The van der Waals surface area contributed by atoms with E-state index in [-0.39, 0.29) is 60.5 Å². The Labute approximate surface area is 239 Å². The molecule has 0 aromatic heterocycles. The molecule has 2 bridgehead atoms. The van der Waals surface area contributed by atoms with Crippen molar-refractivity contribution in [3.63, 3.8) is 0 Å². The van der Waals surface area contributed by atoms with Gasteiger partial charge < -0.3 is 10.1 Å². The number of hydrogen-bond acceptors (Lipinski definition) is 5. The van der Waals surface area contributed by atoms with Crippen molar-refractivity contribution in [2.24, 2.45) is 11.8 Å². The van der Waals surface area contributed by atoms with E-state index in [4.69, 9.17) is 4.74 Å². The zero-order valence-corrected chi connectivity index (χ0v) is 23.1. The molecule has 1 fully saturated rings. The van der Waals surface area contributed by atoms with E-state index >= 15 is 0 Å². The molecule has 210 valence electrons. The monoisotopic (exact) mass is 550 g/mol. The van der Waals surface area contributed by atoms with Crippen LogP contribution in [0, 0.1) is 11.8 Å². The maximum Gasteiger partial charge on any atom is 0.306 e. The molecule has 0 saturated carbocycles. The zero-order valence-electron chi connectivity index (χ0n) is 23.1. The average Bonchev–Trinajstić information content (AvgIpc) is 3.25. The van der Waals surface area contributed by atoms with Crippen LogP contribution < -0.4 is 5.32 Å². The largest absolute Gasteiger partial charge is 0.456 e. The van der Waals surface area contributed by atoms with E-state index in [0.29, 0.717) is 25.8 Å². The number of hydrogen-bond donors (Lipinski definition) is 1. The summed E-state index contributed by atoms with van der Waals surface area (Å²) in [6.07, 6.45) is 2.04. The van der Waals surface area contributed by atoms with E-state index in [0.717, 1.165) is 5.56 Å². The highest BCUT2D eigenvalue weighted by molar-refractivity contribution is 6.07. The predicted molar refractivity (Wildman–Crippen MR) is 153 cm³/mol. The Morgan fingerprint density at radius 2 is 1.27 bits per heavy atom. The van der Waals surface area contributed by atoms with Crippen LogP contribution in [-0.2, 0) is 23.9 Å². The van der Waals surface area contributed by atoms with Crippen LogP contribution in [0.15, 0.2) is 78.9 Å². The minimum Gasteiger partial charge on any atom is -0.456 e. The lowest BCUT2D eigenvalue weighted by molar-refractivity contribution is -0.148. The number of likely N-dealkylation sites (tertiary alicyclic amines) is 1. The van der Waals surface area contributed by atoms with Crippen LogP contribution in [-0.4, -0.2) is 41.7 Å². The van der Waals surface area contributed by atoms with E-state index in [1.807, 2.05) is 61.5 Å². The van der Waals surface area contributed by atoms with Crippen molar-refractivity contribution >= 4 is 23.7 Å². The Morgan fingerprint density at radius 3 is 1.80 bits per heavy atom. The van der Waals surface area contributed by atoms with Gasteiger partial charge in [0.2, 0.25) is 11.8 Å². The van der Waals surface area contributed by atoms with Crippen LogP contribution in [0.25, 0.3) is 0 Å². The van der Waals surface area contributed by atoms with Gasteiger partial charge in [0.05, 0.1) is 17.9 Å². The lowest BCUT2D eigenvalue weighted by Gasteiger charge is -2.45. The van der Waals surface area contributed by atoms with Crippen molar-refractivity contribution in [1.82, 2.24) is 10.2 Å². The third kappa shape index (κ3) is 4.94. The highest BCUT2D eigenvalue weighted by Crippen LogP contribution is 2.60. The Bertz CT molecular complexity index is 1370. The summed E-state index contributed by atoms with van der Waals surface area (Å²) >= 11 is 0. The number of benzene rings is 3. The molecule has 41 heavy (non-hydrogen) atoms. The van der Waals surface area contributed by atoms with Gasteiger partial charge in [0, 0.05) is 24.8 Å². The standard InChI is InChI=1S/C34H34N2O5/c1-21(22-12-4-2-5-13-22)35-27(37)20-41-28(38)18-6-3-11-19-36-33(39)31-29-23-14-7-8-15-24(23)30(32(31)34(36)40)26-17-10-9-16-25(26)29/h2,4-5,7-10,12-17,21,29-32H,3,6,11,18-20H2,1H3,(H,35,37)/t21-,29?,30?,31+,32+/m0/s1. The number of esters is 1. The highest BCUT2D eigenvalue weighted by Gasteiger charge is 2.61. The molecular weight excluding hydrogens is 516 g/mol. The first kappa shape index (κ1) is 26.9. The summed E-state index contributed by atoms with van der Waals surface area (Å²) in [5, 5.41) is 2.83. The van der Waals surface area contributed by atoms with Gasteiger partial charge in [-0.25, -0.2) is 0 Å². The average molecular weight is 551 g/mol. The van der Waals surface area contributed by atoms with Gasteiger partial charge in [-0.15, -0.1) is 0 Å². The van der Waals surface area contributed by atoms with Gasteiger partial charge in [-0.2, -0.15) is 0 Å². The summed E-state index contributed by atoms with van der Waals surface area (Å²) in [5.41, 5.74) is 5.65. The SMILES string of the molecule is C[C@H](NC(=O)COC(=O)CCCCCN1C(=O)[C@@H]2C3c4ccccc4C(c4ccccc43)[C@H]2C1=O)c1ccccc1. The van der Waals surface area contributed by atoms with E-state index in [1.54, 1.807) is 0 Å². The Hall–Kier alpha value is -4.26. The first-order chi connectivity index (χ1) is 20.0. The van der Waals surface area contributed by atoms with E-state index in [2.05, 4.69) is 29.6 Å². The molecule has 0 radical (unpaired) electrons. The van der Waals surface area contributed by atoms with E-state index in [1.165, 1.54) is 27.2 Å². The van der Waals surface area contributed by atoms with E-state index in [9.17, 15) is 19.2 Å². The highest BCUT2D eigenvalue weighted by atomic mass is 16.5. The molecule has 7 nitrogen and oxygen atoms in total. The van der Waals surface area contributed by atoms with Crippen LogP contribution in [0.1, 0.15) is 78.3 Å².